The Hall–Kier alpha value is -2.16. The monoisotopic (exact) mass is 200 g/mol. The number of benzene rings is 1. The maximum Gasteiger partial charge on any atom is 0.119 e. The van der Waals surface area contributed by atoms with Crippen molar-refractivity contribution in [2.75, 3.05) is 0 Å². The summed E-state index contributed by atoms with van der Waals surface area (Å²) in [4.78, 5) is 7.59. The van der Waals surface area contributed by atoms with E-state index in [2.05, 4.69) is 27.4 Å². The molecule has 1 aliphatic rings. The van der Waals surface area contributed by atoms with Gasteiger partial charge in [-0.05, 0) is 22.9 Å². The maximum absolute atomic E-state index is 4.55. The van der Waals surface area contributed by atoms with Crippen molar-refractivity contribution in [3.63, 3.8) is 0 Å². The van der Waals surface area contributed by atoms with Crippen LogP contribution in [0.25, 0.3) is 10.8 Å². The van der Waals surface area contributed by atoms with Crippen LogP contribution in [-0.4, -0.2) is 4.98 Å². The van der Waals surface area contributed by atoms with Crippen LogP contribution in [0.1, 0.15) is 0 Å². The van der Waals surface area contributed by atoms with Crippen LogP contribution in [-0.2, 0) is 4.84 Å². The van der Waals surface area contributed by atoms with E-state index in [0.717, 1.165) is 0 Å². The van der Waals surface area contributed by atoms with Crippen molar-refractivity contribution in [1.82, 2.24) is 10.5 Å². The Morgan fingerprint density at radius 2 is 1.67 bits per heavy atom. The minimum absolute atomic E-state index is 1.28. The number of aromatic nitrogens is 1. The highest BCUT2D eigenvalue weighted by atomic mass is 16.6. The Kier molecular flexibility index (Phi) is 3.07. The Labute approximate surface area is 88.0 Å². The molecule has 3 nitrogen and oxygen atoms in total. The van der Waals surface area contributed by atoms with E-state index in [9.17, 15) is 0 Å². The quantitative estimate of drug-likeness (QED) is 0.686. The highest BCUT2D eigenvalue weighted by molar-refractivity contribution is 5.81. The molecule has 0 saturated heterocycles. The minimum atomic E-state index is 1.28. The van der Waals surface area contributed by atoms with E-state index in [1.54, 1.807) is 18.5 Å². The molecule has 0 amide bonds. The van der Waals surface area contributed by atoms with Crippen LogP contribution in [0.3, 0.4) is 0 Å². The molecule has 15 heavy (non-hydrogen) atoms. The number of allylic oxidation sites excluding steroid dienone is 2. The van der Waals surface area contributed by atoms with E-state index in [1.807, 2.05) is 30.6 Å². The SMILES string of the molecule is C1=CNOC=C1.c1ccc2c[nH]cc2c1. The number of hydroxylamine groups is 1. The van der Waals surface area contributed by atoms with Gasteiger partial charge in [-0.2, -0.15) is 0 Å². The van der Waals surface area contributed by atoms with Crippen molar-refractivity contribution in [2.45, 2.75) is 0 Å². The average Bonchev–Trinajstić information content (AvgIpc) is 2.80. The molecule has 0 radical (unpaired) electrons. The van der Waals surface area contributed by atoms with Crippen LogP contribution in [0.15, 0.2) is 61.3 Å². The van der Waals surface area contributed by atoms with Crippen LogP contribution in [0.4, 0.5) is 0 Å². The zero-order valence-corrected chi connectivity index (χ0v) is 8.18. The van der Waals surface area contributed by atoms with Gasteiger partial charge in [-0.3, -0.25) is 0 Å². The fraction of sp³-hybridized carbons (Fsp3) is 0. The summed E-state index contributed by atoms with van der Waals surface area (Å²) in [6.45, 7) is 0. The van der Waals surface area contributed by atoms with Crippen molar-refractivity contribution in [3.8, 4) is 0 Å². The minimum Gasteiger partial charge on any atom is -0.391 e. The lowest BCUT2D eigenvalue weighted by Gasteiger charge is -1.97. The van der Waals surface area contributed by atoms with Gasteiger partial charge >= 0.3 is 0 Å². The smallest absolute Gasteiger partial charge is 0.119 e. The molecule has 0 bridgehead atoms. The first-order valence-electron chi connectivity index (χ1n) is 4.71. The fourth-order valence-electron chi connectivity index (χ4n) is 1.25. The third-order valence-corrected chi connectivity index (χ3v) is 1.96. The molecule has 0 spiro atoms. The molecule has 0 unspecified atom stereocenters. The van der Waals surface area contributed by atoms with E-state index in [4.69, 9.17) is 0 Å². The Morgan fingerprint density at radius 3 is 2.07 bits per heavy atom. The summed E-state index contributed by atoms with van der Waals surface area (Å²) in [5, 5.41) is 2.55. The number of rotatable bonds is 0. The number of hydrogen-bond acceptors (Lipinski definition) is 2. The van der Waals surface area contributed by atoms with Crippen LogP contribution in [0.2, 0.25) is 0 Å². The summed E-state index contributed by atoms with van der Waals surface area (Å²) < 4.78 is 0. The summed E-state index contributed by atoms with van der Waals surface area (Å²) >= 11 is 0. The molecule has 1 aromatic heterocycles. The number of H-pyrrole nitrogens is 1. The van der Waals surface area contributed by atoms with E-state index < -0.39 is 0 Å². The Morgan fingerprint density at radius 1 is 0.933 bits per heavy atom. The Balaban J connectivity index is 0.000000124. The zero-order valence-electron chi connectivity index (χ0n) is 8.18. The number of aromatic amines is 1. The van der Waals surface area contributed by atoms with E-state index >= 15 is 0 Å². The molecule has 1 aromatic carbocycles. The highest BCUT2D eigenvalue weighted by Gasteiger charge is 1.86. The van der Waals surface area contributed by atoms with Crippen LogP contribution >= 0.6 is 0 Å². The third kappa shape index (κ3) is 2.64. The van der Waals surface area contributed by atoms with Gasteiger partial charge in [0.2, 0.25) is 0 Å². The Bertz CT molecular complexity index is 429. The van der Waals surface area contributed by atoms with Crippen molar-refractivity contribution < 1.29 is 4.84 Å². The third-order valence-electron chi connectivity index (χ3n) is 1.96. The molecule has 2 N–H and O–H groups in total. The van der Waals surface area contributed by atoms with Crippen molar-refractivity contribution in [3.05, 3.63) is 61.3 Å². The summed E-state index contributed by atoms with van der Waals surface area (Å²) in [5.41, 5.74) is 2.52. The molecule has 0 aliphatic carbocycles. The van der Waals surface area contributed by atoms with Gasteiger partial charge in [0, 0.05) is 18.6 Å². The van der Waals surface area contributed by atoms with Crippen molar-refractivity contribution in [1.29, 1.82) is 0 Å². The van der Waals surface area contributed by atoms with Crippen LogP contribution in [0, 0.1) is 0 Å². The largest absolute Gasteiger partial charge is 0.391 e. The average molecular weight is 200 g/mol. The summed E-state index contributed by atoms with van der Waals surface area (Å²) in [7, 11) is 0. The predicted octanol–water partition coefficient (Wildman–Crippen LogP) is 2.72. The summed E-state index contributed by atoms with van der Waals surface area (Å²) in [5.74, 6) is 0. The molecule has 2 heterocycles. The molecule has 0 atom stereocenters. The fourth-order valence-corrected chi connectivity index (χ4v) is 1.25. The number of nitrogens with one attached hydrogen (secondary N) is 2. The molecule has 3 rings (SSSR count). The van der Waals surface area contributed by atoms with Crippen molar-refractivity contribution >= 4 is 10.8 Å². The second-order valence-corrected chi connectivity index (χ2v) is 3.01. The molecule has 0 saturated carbocycles. The van der Waals surface area contributed by atoms with Crippen LogP contribution in [0.5, 0.6) is 0 Å². The van der Waals surface area contributed by atoms with Gasteiger partial charge in [-0.15, -0.1) is 0 Å². The second kappa shape index (κ2) is 4.91. The topological polar surface area (TPSA) is 37.0 Å². The lowest BCUT2D eigenvalue weighted by Crippen LogP contribution is -2.01. The molecular formula is C12H12N2O. The maximum atomic E-state index is 4.55. The number of hydrogen-bond donors (Lipinski definition) is 2. The molecule has 1 aliphatic heterocycles. The molecule has 0 fully saturated rings. The molecule has 76 valence electrons. The normalized spacial score (nSPS) is 12.5. The van der Waals surface area contributed by atoms with Crippen LogP contribution < -0.4 is 5.48 Å². The van der Waals surface area contributed by atoms with E-state index in [0.29, 0.717) is 0 Å². The first kappa shape index (κ1) is 9.40. The number of fused-ring (bicyclic) bond motifs is 1. The van der Waals surface area contributed by atoms with Gasteiger partial charge in [-0.25, -0.2) is 5.48 Å². The second-order valence-electron chi connectivity index (χ2n) is 3.01. The van der Waals surface area contributed by atoms with Crippen molar-refractivity contribution in [2.24, 2.45) is 0 Å². The predicted molar refractivity (Wildman–Crippen MR) is 60.8 cm³/mol. The van der Waals surface area contributed by atoms with Gasteiger partial charge in [0.05, 0.1) is 0 Å². The first-order valence-corrected chi connectivity index (χ1v) is 4.71. The lowest BCUT2D eigenvalue weighted by atomic mass is 10.2. The molecule has 3 heteroatoms. The van der Waals surface area contributed by atoms with Gasteiger partial charge < -0.3 is 9.82 Å². The highest BCUT2D eigenvalue weighted by Crippen LogP contribution is 2.10. The summed E-state index contributed by atoms with van der Waals surface area (Å²) in [6.07, 6.45) is 10.9. The van der Waals surface area contributed by atoms with Gasteiger partial charge in [0.25, 0.3) is 0 Å². The molecule has 2 aromatic rings. The summed E-state index contributed by atoms with van der Waals surface area (Å²) in [6, 6.07) is 8.25. The van der Waals surface area contributed by atoms with Gasteiger partial charge in [-0.1, -0.05) is 24.3 Å². The van der Waals surface area contributed by atoms with Gasteiger partial charge in [0.15, 0.2) is 0 Å². The van der Waals surface area contributed by atoms with E-state index in [1.165, 1.54) is 10.8 Å². The molecular weight excluding hydrogens is 188 g/mol. The standard InChI is InChI=1S/C8H7N.C4H5NO/c1-2-4-8-6-9-5-7(8)3-1;1-2-4-6-5-3-1/h1-6,9H;1-5H. The first-order chi connectivity index (χ1) is 7.47. The van der Waals surface area contributed by atoms with Gasteiger partial charge in [0.1, 0.15) is 6.26 Å². The zero-order chi connectivity index (χ0) is 10.3. The van der Waals surface area contributed by atoms with E-state index in [-0.39, 0.29) is 0 Å². The lowest BCUT2D eigenvalue weighted by molar-refractivity contribution is 0.172.